The number of carboxylic acid groups (broad SMARTS) is 1. The maximum absolute atomic E-state index is 13.2. The summed E-state index contributed by atoms with van der Waals surface area (Å²) in [5.74, 6) is -2.55. The van der Waals surface area contributed by atoms with E-state index in [2.05, 4.69) is 26.0 Å². The molecule has 13 nitrogen and oxygen atoms in total. The Hall–Kier alpha value is -3.84. The Morgan fingerprint density at radius 1 is 1.17 bits per heavy atom. The summed E-state index contributed by atoms with van der Waals surface area (Å²) >= 11 is 0. The smallest absolute Gasteiger partial charge is 0.305 e. The average molecular weight is 569 g/mol. The third-order valence-electron chi connectivity index (χ3n) is 8.14. The number of hydrogen-bond donors (Lipinski definition) is 7. The SMILES string of the molecule is N=NC(N)C(Cc1c[nH]c2ccccc12)NC(=O)C(CC(=O)O)NC(=O)CC1CCN(CCC2CCNCC2)C1=O. The van der Waals surface area contributed by atoms with Crippen molar-refractivity contribution >= 4 is 34.6 Å². The number of amides is 3. The summed E-state index contributed by atoms with van der Waals surface area (Å²) in [6.45, 7) is 3.26. The molecule has 3 heterocycles. The van der Waals surface area contributed by atoms with Crippen LogP contribution in [0, 0.1) is 17.4 Å². The normalized spacial score (nSPS) is 20.0. The fourth-order valence-electron chi connectivity index (χ4n) is 5.75. The van der Waals surface area contributed by atoms with E-state index in [0.29, 0.717) is 25.4 Å². The van der Waals surface area contributed by atoms with E-state index < -0.39 is 48.4 Å². The van der Waals surface area contributed by atoms with Gasteiger partial charge < -0.3 is 36.7 Å². The van der Waals surface area contributed by atoms with E-state index in [0.717, 1.165) is 48.8 Å². The zero-order valence-corrected chi connectivity index (χ0v) is 23.1. The van der Waals surface area contributed by atoms with Crippen molar-refractivity contribution in [3.63, 3.8) is 0 Å². The maximum atomic E-state index is 13.2. The predicted octanol–water partition coefficient (Wildman–Crippen LogP) is 1.10. The number of aromatic nitrogens is 1. The van der Waals surface area contributed by atoms with Gasteiger partial charge in [-0.2, -0.15) is 5.11 Å². The molecule has 0 aliphatic carbocycles. The van der Waals surface area contributed by atoms with E-state index in [1.165, 1.54) is 0 Å². The van der Waals surface area contributed by atoms with Crippen LogP contribution in [0.3, 0.4) is 0 Å². The van der Waals surface area contributed by atoms with E-state index >= 15 is 0 Å². The molecule has 1 aromatic heterocycles. The van der Waals surface area contributed by atoms with E-state index in [4.69, 9.17) is 11.3 Å². The number of likely N-dealkylation sites (tertiary alicyclic amines) is 1. The first kappa shape index (κ1) is 30.1. The summed E-state index contributed by atoms with van der Waals surface area (Å²) in [6.07, 6.45) is 3.86. The zero-order chi connectivity index (χ0) is 29.4. The second-order valence-electron chi connectivity index (χ2n) is 11.0. The molecule has 3 amide bonds. The van der Waals surface area contributed by atoms with Gasteiger partial charge in [0.15, 0.2) is 0 Å². The van der Waals surface area contributed by atoms with Crippen molar-refractivity contribution < 1.29 is 24.3 Å². The van der Waals surface area contributed by atoms with Gasteiger partial charge in [-0.15, -0.1) is 0 Å². The number of nitrogens with one attached hydrogen (secondary N) is 5. The second-order valence-corrected chi connectivity index (χ2v) is 11.0. The number of H-pyrrole nitrogens is 1. The Kier molecular flexibility index (Phi) is 10.4. The summed E-state index contributed by atoms with van der Waals surface area (Å²) < 4.78 is 0. The molecule has 2 aromatic rings. The quantitative estimate of drug-likeness (QED) is 0.165. The van der Waals surface area contributed by atoms with Crippen LogP contribution >= 0.6 is 0 Å². The zero-order valence-electron chi connectivity index (χ0n) is 23.1. The van der Waals surface area contributed by atoms with Crippen LogP contribution in [0.4, 0.5) is 0 Å². The Bertz CT molecular complexity index is 1240. The number of benzene rings is 1. The number of hydrogen-bond acceptors (Lipinski definition) is 8. The number of carbonyl (C=O) groups excluding carboxylic acids is 3. The molecule has 222 valence electrons. The van der Waals surface area contributed by atoms with Crippen molar-refractivity contribution in [3.8, 4) is 0 Å². The number of piperidine rings is 1. The highest BCUT2D eigenvalue weighted by Crippen LogP contribution is 2.24. The molecule has 4 atom stereocenters. The molecule has 1 aromatic carbocycles. The molecular formula is C28H40N8O5. The first-order valence-electron chi connectivity index (χ1n) is 14.2. The number of rotatable bonds is 14. The molecule has 4 unspecified atom stereocenters. The molecule has 41 heavy (non-hydrogen) atoms. The predicted molar refractivity (Wildman–Crippen MR) is 151 cm³/mol. The van der Waals surface area contributed by atoms with Crippen LogP contribution in [-0.4, -0.2) is 83.1 Å². The van der Waals surface area contributed by atoms with Gasteiger partial charge in [0.25, 0.3) is 0 Å². The highest BCUT2D eigenvalue weighted by molar-refractivity contribution is 5.93. The van der Waals surface area contributed by atoms with Crippen LogP contribution in [0.1, 0.15) is 44.1 Å². The lowest BCUT2D eigenvalue weighted by Crippen LogP contribution is -2.55. The van der Waals surface area contributed by atoms with E-state index in [1.54, 1.807) is 6.20 Å². The van der Waals surface area contributed by atoms with Gasteiger partial charge in [0, 0.05) is 42.5 Å². The largest absolute Gasteiger partial charge is 0.481 e. The standard InChI is InChI=1S/C28H40N8O5/c29-26(35-30)22(13-19-16-32-21-4-2-1-3-20(19)21)34-27(40)23(15-25(38)39)33-24(37)14-18-8-12-36(28(18)41)11-7-17-5-9-31-10-6-17/h1-4,16-18,22-23,26,30-32H,5-15,29H2,(H,33,37)(H,34,40)(H,38,39). The number of aliphatic carboxylic acids is 1. The number of para-hydroxylation sites is 1. The molecule has 2 aliphatic heterocycles. The van der Waals surface area contributed by atoms with Gasteiger partial charge in [0.2, 0.25) is 17.7 Å². The van der Waals surface area contributed by atoms with Crippen molar-refractivity contribution in [1.29, 1.82) is 5.53 Å². The molecule has 13 heteroatoms. The summed E-state index contributed by atoms with van der Waals surface area (Å²) in [5.41, 5.74) is 15.1. The number of nitrogens with two attached hydrogens (primary N) is 1. The number of carbonyl (C=O) groups is 4. The highest BCUT2D eigenvalue weighted by Gasteiger charge is 2.35. The van der Waals surface area contributed by atoms with Crippen molar-refractivity contribution in [2.24, 2.45) is 22.7 Å². The van der Waals surface area contributed by atoms with E-state index in [1.807, 2.05) is 29.2 Å². The number of aromatic amines is 1. The van der Waals surface area contributed by atoms with Crippen molar-refractivity contribution in [3.05, 3.63) is 36.0 Å². The lowest BCUT2D eigenvalue weighted by molar-refractivity contribution is -0.141. The third-order valence-corrected chi connectivity index (χ3v) is 8.14. The fraction of sp³-hybridized carbons (Fsp3) is 0.571. The van der Waals surface area contributed by atoms with Crippen LogP contribution in [0.2, 0.25) is 0 Å². The van der Waals surface area contributed by atoms with Gasteiger partial charge >= 0.3 is 5.97 Å². The Morgan fingerprint density at radius 2 is 1.93 bits per heavy atom. The minimum atomic E-state index is -1.38. The van der Waals surface area contributed by atoms with Gasteiger partial charge in [0.05, 0.1) is 12.5 Å². The summed E-state index contributed by atoms with van der Waals surface area (Å²) in [6, 6.07) is 5.38. The minimum absolute atomic E-state index is 0.0739. The Morgan fingerprint density at radius 3 is 2.66 bits per heavy atom. The second kappa shape index (κ2) is 14.2. The minimum Gasteiger partial charge on any atom is -0.481 e. The molecule has 0 saturated carbocycles. The maximum Gasteiger partial charge on any atom is 0.305 e. The first-order chi connectivity index (χ1) is 19.7. The van der Waals surface area contributed by atoms with Gasteiger partial charge in [-0.25, -0.2) is 5.53 Å². The average Bonchev–Trinajstić information content (AvgIpc) is 3.53. The fourth-order valence-corrected chi connectivity index (χ4v) is 5.75. The molecule has 8 N–H and O–H groups in total. The summed E-state index contributed by atoms with van der Waals surface area (Å²) in [4.78, 5) is 55.5. The molecule has 2 aliphatic rings. The molecule has 0 bridgehead atoms. The van der Waals surface area contributed by atoms with Gasteiger partial charge in [0.1, 0.15) is 12.2 Å². The van der Waals surface area contributed by atoms with Gasteiger partial charge in [-0.05, 0) is 62.7 Å². The van der Waals surface area contributed by atoms with Crippen molar-refractivity contribution in [1.82, 2.24) is 25.8 Å². The van der Waals surface area contributed by atoms with Crippen LogP contribution < -0.4 is 21.7 Å². The number of nitrogens with zero attached hydrogens (tertiary/aromatic N) is 2. The Labute approximate surface area is 238 Å². The molecular weight excluding hydrogens is 528 g/mol. The molecule has 0 spiro atoms. The third kappa shape index (κ3) is 8.10. The number of carboxylic acids is 1. The summed E-state index contributed by atoms with van der Waals surface area (Å²) in [5, 5.41) is 22.2. The summed E-state index contributed by atoms with van der Waals surface area (Å²) in [7, 11) is 0. The molecule has 2 saturated heterocycles. The van der Waals surface area contributed by atoms with Crippen LogP contribution in [0.25, 0.3) is 10.9 Å². The molecule has 4 rings (SSSR count). The lowest BCUT2D eigenvalue weighted by Gasteiger charge is -2.25. The van der Waals surface area contributed by atoms with Gasteiger partial charge in [-0.3, -0.25) is 19.2 Å². The van der Waals surface area contributed by atoms with Crippen LogP contribution in [0.15, 0.2) is 35.6 Å². The van der Waals surface area contributed by atoms with Crippen molar-refractivity contribution in [2.75, 3.05) is 26.2 Å². The molecule has 2 fully saturated rings. The van der Waals surface area contributed by atoms with Crippen LogP contribution in [0.5, 0.6) is 0 Å². The lowest BCUT2D eigenvalue weighted by atomic mass is 9.94. The first-order valence-corrected chi connectivity index (χ1v) is 14.2. The van der Waals surface area contributed by atoms with Crippen molar-refractivity contribution in [2.45, 2.75) is 63.2 Å². The molecule has 0 radical (unpaired) electrons. The number of fused-ring (bicyclic) bond motifs is 1. The van der Waals surface area contributed by atoms with E-state index in [-0.39, 0.29) is 18.7 Å². The Balaban J connectivity index is 1.34. The van der Waals surface area contributed by atoms with Gasteiger partial charge in [-0.1, -0.05) is 18.2 Å². The van der Waals surface area contributed by atoms with Crippen LogP contribution in [-0.2, 0) is 25.6 Å². The topological polar surface area (TPSA) is 206 Å². The van der Waals surface area contributed by atoms with E-state index in [9.17, 15) is 24.3 Å². The monoisotopic (exact) mass is 568 g/mol. The highest BCUT2D eigenvalue weighted by atomic mass is 16.4.